The highest BCUT2D eigenvalue weighted by molar-refractivity contribution is 5.77. The molecule has 0 N–H and O–H groups in total. The molecule has 1 amide bonds. The zero-order chi connectivity index (χ0) is 23.4. The van der Waals surface area contributed by atoms with Crippen LogP contribution in [0.15, 0.2) is 46.2 Å². The Bertz CT molecular complexity index is 1230. The number of hydrogen-bond acceptors (Lipinski definition) is 5. The van der Waals surface area contributed by atoms with Crippen molar-refractivity contribution in [1.82, 2.24) is 23.6 Å². The fourth-order valence-electron chi connectivity index (χ4n) is 4.39. The number of ether oxygens (including phenoxy) is 1. The standard InChI is InChI=1S/C24H31N5O4/c1-18-7-6-11-26(12-10-18)20(30)16-29-23(31)21-22(25-17-27(21)13-14-33-2)28(24(29)32)15-19-8-4-3-5-9-19/h3-5,8-9,17-18H,6-7,10-16H2,1-2H3. The van der Waals surface area contributed by atoms with Crippen molar-refractivity contribution in [2.75, 3.05) is 26.8 Å². The Morgan fingerprint density at radius 3 is 2.67 bits per heavy atom. The lowest BCUT2D eigenvalue weighted by molar-refractivity contribution is -0.131. The summed E-state index contributed by atoms with van der Waals surface area (Å²) in [6.07, 6.45) is 4.50. The molecule has 2 aromatic heterocycles. The fraction of sp³-hybridized carbons (Fsp3) is 0.500. The predicted molar refractivity (Wildman–Crippen MR) is 125 cm³/mol. The number of carbonyl (C=O) groups is 1. The van der Waals surface area contributed by atoms with E-state index in [1.165, 1.54) is 4.57 Å². The minimum atomic E-state index is -0.523. The number of hydrogen-bond donors (Lipinski definition) is 0. The van der Waals surface area contributed by atoms with Crippen LogP contribution < -0.4 is 11.2 Å². The van der Waals surface area contributed by atoms with E-state index in [-0.39, 0.29) is 19.0 Å². The monoisotopic (exact) mass is 453 g/mol. The van der Waals surface area contributed by atoms with Crippen molar-refractivity contribution in [1.29, 1.82) is 0 Å². The summed E-state index contributed by atoms with van der Waals surface area (Å²) >= 11 is 0. The first-order valence-corrected chi connectivity index (χ1v) is 11.5. The molecule has 1 unspecified atom stereocenters. The lowest BCUT2D eigenvalue weighted by atomic mass is 10.0. The molecule has 1 saturated heterocycles. The van der Waals surface area contributed by atoms with E-state index in [2.05, 4.69) is 11.9 Å². The van der Waals surface area contributed by atoms with Crippen LogP contribution >= 0.6 is 0 Å². The third-order valence-electron chi connectivity index (χ3n) is 6.37. The first kappa shape index (κ1) is 23.0. The molecule has 176 valence electrons. The molecule has 4 rings (SSSR count). The van der Waals surface area contributed by atoms with Gasteiger partial charge < -0.3 is 14.2 Å². The first-order valence-electron chi connectivity index (χ1n) is 11.5. The molecule has 9 nitrogen and oxygen atoms in total. The second kappa shape index (κ2) is 10.2. The third kappa shape index (κ3) is 4.93. The number of aromatic nitrogens is 4. The maximum atomic E-state index is 13.5. The number of amides is 1. The van der Waals surface area contributed by atoms with Gasteiger partial charge in [0, 0.05) is 26.7 Å². The largest absolute Gasteiger partial charge is 0.383 e. The second-order valence-corrected chi connectivity index (χ2v) is 8.77. The molecule has 33 heavy (non-hydrogen) atoms. The molecule has 9 heteroatoms. The van der Waals surface area contributed by atoms with Gasteiger partial charge in [0.1, 0.15) is 6.54 Å². The van der Waals surface area contributed by atoms with Crippen molar-refractivity contribution >= 4 is 17.1 Å². The van der Waals surface area contributed by atoms with E-state index in [0.717, 1.165) is 29.4 Å². The highest BCUT2D eigenvalue weighted by atomic mass is 16.5. The van der Waals surface area contributed by atoms with Crippen LogP contribution in [-0.4, -0.2) is 56.3 Å². The zero-order valence-corrected chi connectivity index (χ0v) is 19.3. The van der Waals surface area contributed by atoms with E-state index in [0.29, 0.717) is 43.3 Å². The summed E-state index contributed by atoms with van der Waals surface area (Å²) in [5.74, 6) is 0.372. The van der Waals surface area contributed by atoms with E-state index in [9.17, 15) is 14.4 Å². The summed E-state index contributed by atoms with van der Waals surface area (Å²) in [7, 11) is 1.59. The van der Waals surface area contributed by atoms with Gasteiger partial charge in [-0.15, -0.1) is 0 Å². The highest BCUT2D eigenvalue weighted by Gasteiger charge is 2.23. The van der Waals surface area contributed by atoms with Crippen molar-refractivity contribution in [3.05, 3.63) is 63.1 Å². The van der Waals surface area contributed by atoms with Gasteiger partial charge in [0.25, 0.3) is 5.56 Å². The van der Waals surface area contributed by atoms with Crippen LogP contribution in [-0.2, 0) is 29.2 Å². The van der Waals surface area contributed by atoms with Gasteiger partial charge in [-0.1, -0.05) is 37.3 Å². The van der Waals surface area contributed by atoms with E-state index < -0.39 is 11.2 Å². The Morgan fingerprint density at radius 2 is 1.91 bits per heavy atom. The number of fused-ring (bicyclic) bond motifs is 1. The molecular formula is C24H31N5O4. The summed E-state index contributed by atoms with van der Waals surface area (Å²) in [5.41, 5.74) is 0.511. The number of likely N-dealkylation sites (tertiary alicyclic amines) is 1. The van der Waals surface area contributed by atoms with Crippen LogP contribution in [0.25, 0.3) is 11.2 Å². The summed E-state index contributed by atoms with van der Waals surface area (Å²) in [5, 5.41) is 0. The smallest absolute Gasteiger partial charge is 0.333 e. The Balaban J connectivity index is 1.76. The topological polar surface area (TPSA) is 91.4 Å². The lowest BCUT2D eigenvalue weighted by Crippen LogP contribution is -2.45. The number of rotatable bonds is 7. The van der Waals surface area contributed by atoms with Gasteiger partial charge in [-0.2, -0.15) is 0 Å². The highest BCUT2D eigenvalue weighted by Crippen LogP contribution is 2.17. The Labute approximate surface area is 192 Å². The average Bonchev–Trinajstić information content (AvgIpc) is 3.12. The van der Waals surface area contributed by atoms with Gasteiger partial charge in [0.2, 0.25) is 5.91 Å². The van der Waals surface area contributed by atoms with Gasteiger partial charge >= 0.3 is 5.69 Å². The minimum Gasteiger partial charge on any atom is -0.383 e. The van der Waals surface area contributed by atoms with Crippen LogP contribution in [0.4, 0.5) is 0 Å². The zero-order valence-electron chi connectivity index (χ0n) is 19.3. The molecule has 0 saturated carbocycles. The number of benzene rings is 1. The molecule has 0 aliphatic carbocycles. The van der Waals surface area contributed by atoms with Crippen molar-refractivity contribution in [2.24, 2.45) is 5.92 Å². The summed E-state index contributed by atoms with van der Waals surface area (Å²) in [6, 6.07) is 9.53. The molecule has 3 heterocycles. The van der Waals surface area contributed by atoms with Crippen molar-refractivity contribution in [3.8, 4) is 0 Å². The average molecular weight is 454 g/mol. The van der Waals surface area contributed by atoms with E-state index >= 15 is 0 Å². The van der Waals surface area contributed by atoms with Gasteiger partial charge in [0.15, 0.2) is 11.2 Å². The molecule has 0 spiro atoms. The summed E-state index contributed by atoms with van der Waals surface area (Å²) in [4.78, 5) is 46.1. The molecule has 1 atom stereocenters. The van der Waals surface area contributed by atoms with Crippen LogP contribution in [0.2, 0.25) is 0 Å². The maximum absolute atomic E-state index is 13.5. The molecule has 1 aromatic carbocycles. The summed E-state index contributed by atoms with van der Waals surface area (Å²) < 4.78 is 9.39. The first-order chi connectivity index (χ1) is 16.0. The van der Waals surface area contributed by atoms with Crippen LogP contribution in [0, 0.1) is 5.92 Å². The Kier molecular flexibility index (Phi) is 7.08. The van der Waals surface area contributed by atoms with Crippen LogP contribution in [0.1, 0.15) is 31.7 Å². The lowest BCUT2D eigenvalue weighted by Gasteiger charge is -2.21. The summed E-state index contributed by atoms with van der Waals surface area (Å²) in [6.45, 7) is 4.30. The van der Waals surface area contributed by atoms with Gasteiger partial charge in [0.05, 0.1) is 19.5 Å². The molecule has 1 aliphatic rings. The quantitative estimate of drug-likeness (QED) is 0.543. The second-order valence-electron chi connectivity index (χ2n) is 8.77. The van der Waals surface area contributed by atoms with E-state index in [1.807, 2.05) is 30.3 Å². The van der Waals surface area contributed by atoms with Gasteiger partial charge in [-0.05, 0) is 30.7 Å². The molecule has 1 fully saturated rings. The minimum absolute atomic E-state index is 0.197. The fourth-order valence-corrected chi connectivity index (χ4v) is 4.39. The molecule has 0 radical (unpaired) electrons. The number of methoxy groups -OCH3 is 1. The number of imidazole rings is 1. The number of carbonyl (C=O) groups excluding carboxylic acids is 1. The maximum Gasteiger partial charge on any atom is 0.333 e. The number of nitrogens with zero attached hydrogens (tertiary/aromatic N) is 5. The van der Waals surface area contributed by atoms with Crippen LogP contribution in [0.5, 0.6) is 0 Å². The van der Waals surface area contributed by atoms with Crippen molar-refractivity contribution in [2.45, 2.75) is 45.8 Å². The van der Waals surface area contributed by atoms with Crippen molar-refractivity contribution < 1.29 is 9.53 Å². The SMILES string of the molecule is COCCn1cnc2c1c(=O)n(CC(=O)N1CCCC(C)CC1)c(=O)n2Cc1ccccc1. The van der Waals surface area contributed by atoms with Gasteiger partial charge in [-0.25, -0.2) is 14.3 Å². The third-order valence-corrected chi connectivity index (χ3v) is 6.37. The molecular weight excluding hydrogens is 422 g/mol. The molecule has 3 aromatic rings. The Hall–Kier alpha value is -3.20. The van der Waals surface area contributed by atoms with Crippen LogP contribution in [0.3, 0.4) is 0 Å². The predicted octanol–water partition coefficient (Wildman–Crippen LogP) is 1.70. The molecule has 1 aliphatic heterocycles. The Morgan fingerprint density at radius 1 is 1.12 bits per heavy atom. The van der Waals surface area contributed by atoms with Crippen molar-refractivity contribution in [3.63, 3.8) is 0 Å². The normalized spacial score (nSPS) is 16.8. The van der Waals surface area contributed by atoms with Gasteiger partial charge in [-0.3, -0.25) is 14.2 Å². The van der Waals surface area contributed by atoms with E-state index in [1.54, 1.807) is 22.9 Å². The molecule has 0 bridgehead atoms. The van der Waals surface area contributed by atoms with E-state index in [4.69, 9.17) is 4.74 Å².